The quantitative estimate of drug-likeness (QED) is 0.215. The van der Waals surface area contributed by atoms with Crippen LogP contribution in [0, 0.1) is 11.3 Å². The summed E-state index contributed by atoms with van der Waals surface area (Å²) >= 11 is 1.25. The molecule has 0 fully saturated rings. The van der Waals surface area contributed by atoms with E-state index in [2.05, 4.69) is 16.4 Å². The molecule has 0 saturated heterocycles. The molecule has 37 heavy (non-hydrogen) atoms. The van der Waals surface area contributed by atoms with Crippen LogP contribution in [0.3, 0.4) is 0 Å². The molecule has 2 heterocycles. The molecule has 0 spiro atoms. The maximum Gasteiger partial charge on any atom is 0.345 e. The second-order valence-corrected chi connectivity index (χ2v) is 8.79. The Labute approximate surface area is 215 Å². The van der Waals surface area contributed by atoms with E-state index in [4.69, 9.17) is 9.15 Å². The highest BCUT2D eigenvalue weighted by Crippen LogP contribution is 2.29. The van der Waals surface area contributed by atoms with E-state index in [1.54, 1.807) is 60.0 Å². The Balaban J connectivity index is 1.37. The minimum Gasteiger partial charge on any atom is -0.483 e. The number of hydrogen-bond acceptors (Lipinski definition) is 7. The van der Waals surface area contributed by atoms with Gasteiger partial charge in [0.25, 0.3) is 5.91 Å². The number of benzene rings is 3. The Hall–Kier alpha value is -5.00. The fraction of sp³-hybridized carbons (Fsp3) is 0.0345. The largest absolute Gasteiger partial charge is 0.483 e. The smallest absolute Gasteiger partial charge is 0.345 e. The number of para-hydroxylation sites is 3. The molecule has 0 bridgehead atoms. The number of nitrogens with zero attached hydrogens (tertiary/aromatic N) is 2. The van der Waals surface area contributed by atoms with Crippen LogP contribution in [-0.2, 0) is 4.79 Å². The number of fused-ring (bicyclic) bond motifs is 1. The van der Waals surface area contributed by atoms with Crippen LogP contribution in [0.4, 0.5) is 5.69 Å². The molecule has 5 rings (SSSR count). The molecule has 1 N–H and O–H groups in total. The summed E-state index contributed by atoms with van der Waals surface area (Å²) in [5.74, 6) is 0.148. The van der Waals surface area contributed by atoms with E-state index < -0.39 is 5.63 Å². The number of nitriles is 1. The van der Waals surface area contributed by atoms with Gasteiger partial charge < -0.3 is 14.5 Å². The summed E-state index contributed by atoms with van der Waals surface area (Å²) in [5.41, 5.74) is 2.36. The van der Waals surface area contributed by atoms with Crippen molar-refractivity contribution in [3.8, 4) is 23.1 Å². The zero-order chi connectivity index (χ0) is 25.6. The van der Waals surface area contributed by atoms with Crippen molar-refractivity contribution in [2.45, 2.75) is 0 Å². The molecule has 1 amide bonds. The first-order valence-corrected chi connectivity index (χ1v) is 12.2. The van der Waals surface area contributed by atoms with Crippen LogP contribution in [0.1, 0.15) is 10.6 Å². The van der Waals surface area contributed by atoms with E-state index in [9.17, 15) is 14.9 Å². The number of hydrogen-bond donors (Lipinski definition) is 1. The SMILES string of the molecule is N#CC(=Cc1ccccc1OCC(=O)Nc1ccccc1)c1nc(-c2cc3ccccc3oc2=O)cs1. The average molecular weight is 506 g/mol. The third kappa shape index (κ3) is 5.48. The van der Waals surface area contributed by atoms with Crippen LogP contribution in [0.2, 0.25) is 0 Å². The highest BCUT2D eigenvalue weighted by Gasteiger charge is 2.15. The van der Waals surface area contributed by atoms with Gasteiger partial charge in [0.05, 0.1) is 16.8 Å². The lowest BCUT2D eigenvalue weighted by Crippen LogP contribution is -2.20. The van der Waals surface area contributed by atoms with Crippen LogP contribution in [-0.4, -0.2) is 17.5 Å². The van der Waals surface area contributed by atoms with Gasteiger partial charge in [-0.25, -0.2) is 9.78 Å². The number of amides is 1. The standard InChI is InChI=1S/C29H19N3O4S/c30-16-21(28-32-24(18-37-28)23-15-20-9-5-7-13-26(20)36-29(23)34)14-19-8-4-6-12-25(19)35-17-27(33)31-22-10-2-1-3-11-22/h1-15,18H,17H2,(H,31,33). The van der Waals surface area contributed by atoms with Crippen molar-refractivity contribution < 1.29 is 13.9 Å². The molecule has 2 aromatic heterocycles. The van der Waals surface area contributed by atoms with Gasteiger partial charge in [-0.15, -0.1) is 11.3 Å². The highest BCUT2D eigenvalue weighted by molar-refractivity contribution is 7.11. The van der Waals surface area contributed by atoms with E-state index in [0.29, 0.717) is 44.4 Å². The molecule has 8 heteroatoms. The molecular formula is C29H19N3O4S. The lowest BCUT2D eigenvalue weighted by atomic mass is 10.1. The molecule has 0 aliphatic heterocycles. The zero-order valence-electron chi connectivity index (χ0n) is 19.4. The van der Waals surface area contributed by atoms with E-state index in [1.165, 1.54) is 11.3 Å². The van der Waals surface area contributed by atoms with E-state index >= 15 is 0 Å². The number of aromatic nitrogens is 1. The van der Waals surface area contributed by atoms with Gasteiger partial charge in [-0.1, -0.05) is 54.6 Å². The molecule has 0 unspecified atom stereocenters. The molecule has 0 aliphatic rings. The van der Waals surface area contributed by atoms with Crippen LogP contribution in [0.25, 0.3) is 33.9 Å². The summed E-state index contributed by atoms with van der Waals surface area (Å²) in [4.78, 5) is 29.4. The Morgan fingerprint density at radius 1 is 1.05 bits per heavy atom. The van der Waals surface area contributed by atoms with Crippen molar-refractivity contribution in [1.82, 2.24) is 4.98 Å². The normalized spacial score (nSPS) is 11.2. The number of carbonyl (C=O) groups excluding carboxylic acids is 1. The van der Waals surface area contributed by atoms with Crippen molar-refractivity contribution in [3.05, 3.63) is 111 Å². The number of allylic oxidation sites excluding steroid dienone is 1. The molecule has 180 valence electrons. The van der Waals surface area contributed by atoms with Crippen molar-refractivity contribution in [3.63, 3.8) is 0 Å². The average Bonchev–Trinajstić information content (AvgIpc) is 3.41. The van der Waals surface area contributed by atoms with E-state index in [-0.39, 0.29) is 12.5 Å². The fourth-order valence-corrected chi connectivity index (χ4v) is 4.44. The molecule has 5 aromatic rings. The number of nitrogens with one attached hydrogen (secondary N) is 1. The topological polar surface area (TPSA) is 105 Å². The van der Waals surface area contributed by atoms with Crippen LogP contribution >= 0.6 is 11.3 Å². The Kier molecular flexibility index (Phi) is 6.88. The van der Waals surface area contributed by atoms with Gasteiger partial charge in [-0.2, -0.15) is 5.26 Å². The Bertz CT molecular complexity index is 1710. The summed E-state index contributed by atoms with van der Waals surface area (Å²) in [7, 11) is 0. The van der Waals surface area contributed by atoms with Gasteiger partial charge in [0.15, 0.2) is 6.61 Å². The summed E-state index contributed by atoms with van der Waals surface area (Å²) < 4.78 is 11.2. The summed E-state index contributed by atoms with van der Waals surface area (Å²) in [6, 6.07) is 27.4. The number of carbonyl (C=O) groups is 1. The molecule has 0 radical (unpaired) electrons. The lowest BCUT2D eigenvalue weighted by Gasteiger charge is -2.10. The van der Waals surface area contributed by atoms with Crippen LogP contribution < -0.4 is 15.7 Å². The first kappa shape index (κ1) is 23.7. The molecule has 7 nitrogen and oxygen atoms in total. The lowest BCUT2D eigenvalue weighted by molar-refractivity contribution is -0.118. The first-order valence-electron chi connectivity index (χ1n) is 11.3. The molecule has 3 aromatic carbocycles. The van der Waals surface area contributed by atoms with Gasteiger partial charge in [0.2, 0.25) is 0 Å². The third-order valence-corrected chi connectivity index (χ3v) is 6.28. The van der Waals surface area contributed by atoms with E-state index in [0.717, 1.165) is 5.39 Å². The van der Waals surface area contributed by atoms with Gasteiger partial charge in [0, 0.05) is 22.0 Å². The number of thiazole rings is 1. The number of ether oxygens (including phenoxy) is 1. The predicted molar refractivity (Wildman–Crippen MR) is 144 cm³/mol. The van der Waals surface area contributed by atoms with Crippen molar-refractivity contribution in [2.24, 2.45) is 0 Å². The minimum atomic E-state index is -0.495. The summed E-state index contributed by atoms with van der Waals surface area (Å²) in [6.07, 6.45) is 1.65. The Morgan fingerprint density at radius 2 is 1.81 bits per heavy atom. The zero-order valence-corrected chi connectivity index (χ0v) is 20.2. The van der Waals surface area contributed by atoms with Gasteiger partial charge >= 0.3 is 5.63 Å². The van der Waals surface area contributed by atoms with Crippen molar-refractivity contribution >= 4 is 45.5 Å². The van der Waals surface area contributed by atoms with E-state index in [1.807, 2.05) is 36.4 Å². The van der Waals surface area contributed by atoms with Crippen LogP contribution in [0.15, 0.2) is 99.5 Å². The monoisotopic (exact) mass is 505 g/mol. The van der Waals surface area contributed by atoms with Gasteiger partial charge in [-0.3, -0.25) is 4.79 Å². The predicted octanol–water partition coefficient (Wildman–Crippen LogP) is 6.00. The maximum atomic E-state index is 12.5. The van der Waals surface area contributed by atoms with Crippen molar-refractivity contribution in [1.29, 1.82) is 5.26 Å². The molecular weight excluding hydrogens is 486 g/mol. The van der Waals surface area contributed by atoms with Gasteiger partial charge in [0.1, 0.15) is 22.4 Å². The number of anilines is 1. The molecule has 0 atom stereocenters. The summed E-state index contributed by atoms with van der Waals surface area (Å²) in [6.45, 7) is -0.194. The molecule has 0 saturated carbocycles. The summed E-state index contributed by atoms with van der Waals surface area (Å²) in [5, 5.41) is 15.6. The Morgan fingerprint density at radius 3 is 2.65 bits per heavy atom. The second-order valence-electron chi connectivity index (χ2n) is 7.93. The number of rotatable bonds is 7. The fourth-order valence-electron chi connectivity index (χ4n) is 3.65. The van der Waals surface area contributed by atoms with Crippen molar-refractivity contribution in [2.75, 3.05) is 11.9 Å². The maximum absolute atomic E-state index is 12.5. The van der Waals surface area contributed by atoms with Crippen LogP contribution in [0.5, 0.6) is 5.75 Å². The third-order valence-electron chi connectivity index (χ3n) is 5.41. The molecule has 0 aliphatic carbocycles. The first-order chi connectivity index (χ1) is 18.1. The highest BCUT2D eigenvalue weighted by atomic mass is 32.1. The second kappa shape index (κ2) is 10.7. The minimum absolute atomic E-state index is 0.194. The van der Waals surface area contributed by atoms with Gasteiger partial charge in [-0.05, 0) is 36.4 Å².